The second-order valence-corrected chi connectivity index (χ2v) is 9.90. The smallest absolute Gasteiger partial charge is 0.254 e. The van der Waals surface area contributed by atoms with E-state index in [-0.39, 0.29) is 17.2 Å². The number of thiophene rings is 1. The van der Waals surface area contributed by atoms with Crippen molar-refractivity contribution in [1.29, 1.82) is 0 Å². The summed E-state index contributed by atoms with van der Waals surface area (Å²) >= 11 is 1.54. The fourth-order valence-electron chi connectivity index (χ4n) is 4.06. The van der Waals surface area contributed by atoms with Crippen LogP contribution in [0.4, 0.5) is 5.82 Å². The summed E-state index contributed by atoms with van der Waals surface area (Å²) < 4.78 is 5.27. The summed E-state index contributed by atoms with van der Waals surface area (Å²) in [5, 5.41) is 12.2. The molecule has 8 heteroatoms. The van der Waals surface area contributed by atoms with E-state index < -0.39 is 12.0 Å². The third-order valence-electron chi connectivity index (χ3n) is 5.73. The van der Waals surface area contributed by atoms with Crippen molar-refractivity contribution in [2.75, 3.05) is 25.6 Å². The maximum Gasteiger partial charge on any atom is 0.254 e. The zero-order valence-electron chi connectivity index (χ0n) is 18.7. The molecule has 0 spiro atoms. The number of carbonyl (C=O) groups excluding carboxylic acids is 2. The highest BCUT2D eigenvalue weighted by Gasteiger charge is 2.44. The average Bonchev–Trinajstić information content (AvgIpc) is 3.45. The highest BCUT2D eigenvalue weighted by Crippen LogP contribution is 2.44. The van der Waals surface area contributed by atoms with Crippen LogP contribution in [0.5, 0.6) is 0 Å². The van der Waals surface area contributed by atoms with Gasteiger partial charge in [-0.3, -0.25) is 14.7 Å². The number of carbonyl (C=O) groups is 2. The number of nitrogens with one attached hydrogen (secondary N) is 2. The lowest BCUT2D eigenvalue weighted by atomic mass is 9.81. The van der Waals surface area contributed by atoms with E-state index in [4.69, 9.17) is 4.74 Å². The number of ether oxygens (including phenoxy) is 1. The normalized spacial score (nSPS) is 18.5. The molecule has 1 aromatic carbocycles. The van der Waals surface area contributed by atoms with Crippen LogP contribution < -0.4 is 5.32 Å². The van der Waals surface area contributed by atoms with Crippen LogP contribution in [0, 0.1) is 0 Å². The van der Waals surface area contributed by atoms with Gasteiger partial charge in [0.25, 0.3) is 5.91 Å². The van der Waals surface area contributed by atoms with Crippen LogP contribution in [0.3, 0.4) is 0 Å². The van der Waals surface area contributed by atoms with Crippen LogP contribution in [0.25, 0.3) is 0 Å². The Labute approximate surface area is 191 Å². The molecule has 2 atom stereocenters. The van der Waals surface area contributed by atoms with E-state index in [1.165, 1.54) is 0 Å². The van der Waals surface area contributed by atoms with E-state index in [1.54, 1.807) is 29.4 Å². The fourth-order valence-corrected chi connectivity index (χ4v) is 4.93. The quantitative estimate of drug-likeness (QED) is 0.583. The summed E-state index contributed by atoms with van der Waals surface area (Å²) in [5.74, 6) is -0.385. The second-order valence-electron chi connectivity index (χ2n) is 8.92. The Hall–Kier alpha value is -2.97. The molecule has 32 heavy (non-hydrogen) atoms. The van der Waals surface area contributed by atoms with Crippen LogP contribution in [0.1, 0.15) is 59.2 Å². The van der Waals surface area contributed by atoms with E-state index in [2.05, 4.69) is 36.3 Å². The SMILES string of the molecule is COCCN1C(=O)c2ccccc2C(C(=O)Nc2cc(C(C)(C)C)[nH]n2)C1c1cccs1. The number of benzene rings is 1. The second kappa shape index (κ2) is 8.88. The van der Waals surface area contributed by atoms with Crippen molar-refractivity contribution < 1.29 is 14.3 Å². The first-order valence-electron chi connectivity index (χ1n) is 10.6. The minimum absolute atomic E-state index is 0.0881. The van der Waals surface area contributed by atoms with Gasteiger partial charge in [-0.25, -0.2) is 0 Å². The number of hydrogen-bond donors (Lipinski definition) is 2. The lowest BCUT2D eigenvalue weighted by Crippen LogP contribution is -2.47. The van der Waals surface area contributed by atoms with Crippen LogP contribution in [0.15, 0.2) is 47.8 Å². The Kier molecular flexibility index (Phi) is 6.17. The molecule has 4 rings (SSSR count). The molecule has 1 aliphatic heterocycles. The molecule has 7 nitrogen and oxygen atoms in total. The number of methoxy groups -OCH3 is 1. The topological polar surface area (TPSA) is 87.3 Å². The van der Waals surface area contributed by atoms with Crippen LogP contribution in [-0.2, 0) is 14.9 Å². The predicted molar refractivity (Wildman–Crippen MR) is 125 cm³/mol. The van der Waals surface area contributed by atoms with Gasteiger partial charge in [-0.2, -0.15) is 5.10 Å². The summed E-state index contributed by atoms with van der Waals surface area (Å²) in [4.78, 5) is 29.8. The predicted octanol–water partition coefficient (Wildman–Crippen LogP) is 4.33. The van der Waals surface area contributed by atoms with Crippen molar-refractivity contribution in [2.24, 2.45) is 0 Å². The first kappa shape index (κ1) is 22.2. The number of amides is 2. The van der Waals surface area contributed by atoms with Crippen molar-refractivity contribution in [3.63, 3.8) is 0 Å². The van der Waals surface area contributed by atoms with E-state index >= 15 is 0 Å². The summed E-state index contributed by atoms with van der Waals surface area (Å²) in [6.45, 7) is 7.02. The molecule has 2 unspecified atom stereocenters. The lowest BCUT2D eigenvalue weighted by molar-refractivity contribution is -0.119. The van der Waals surface area contributed by atoms with Crippen molar-refractivity contribution in [3.8, 4) is 0 Å². The molecule has 2 amide bonds. The van der Waals surface area contributed by atoms with Crippen molar-refractivity contribution in [3.05, 3.63) is 69.5 Å². The standard InChI is InChI=1S/C24H28N4O3S/c1-24(2,3)18-14-19(27-26-18)25-22(29)20-15-8-5-6-9-16(15)23(30)28(11-12-31-4)21(20)17-10-7-13-32-17/h5-10,13-14,20-21H,11-12H2,1-4H3,(H2,25,26,27,29). The van der Waals surface area contributed by atoms with Crippen molar-refractivity contribution in [1.82, 2.24) is 15.1 Å². The molecule has 2 aromatic heterocycles. The van der Waals surface area contributed by atoms with E-state index in [0.29, 0.717) is 24.5 Å². The zero-order valence-corrected chi connectivity index (χ0v) is 19.5. The largest absolute Gasteiger partial charge is 0.383 e. The summed E-state index contributed by atoms with van der Waals surface area (Å²) in [7, 11) is 1.61. The van der Waals surface area contributed by atoms with Gasteiger partial charge >= 0.3 is 0 Å². The molecule has 168 valence electrons. The van der Waals surface area contributed by atoms with Gasteiger partial charge in [0.05, 0.1) is 18.6 Å². The molecular weight excluding hydrogens is 424 g/mol. The minimum atomic E-state index is -0.575. The lowest BCUT2D eigenvalue weighted by Gasteiger charge is -2.41. The van der Waals surface area contributed by atoms with Gasteiger partial charge in [0.15, 0.2) is 5.82 Å². The molecule has 0 aliphatic carbocycles. The van der Waals surface area contributed by atoms with Crippen LogP contribution in [0.2, 0.25) is 0 Å². The number of anilines is 1. The molecule has 3 heterocycles. The molecule has 2 N–H and O–H groups in total. The third-order valence-corrected chi connectivity index (χ3v) is 6.67. The number of aromatic nitrogens is 2. The van der Waals surface area contributed by atoms with Crippen molar-refractivity contribution in [2.45, 2.75) is 38.1 Å². The first-order chi connectivity index (χ1) is 15.3. The van der Waals surface area contributed by atoms with Crippen LogP contribution in [-0.4, -0.2) is 47.2 Å². The Morgan fingerprint density at radius 3 is 2.69 bits per heavy atom. The molecule has 0 fully saturated rings. The zero-order chi connectivity index (χ0) is 22.9. The Bertz CT molecular complexity index is 1100. The summed E-state index contributed by atoms with van der Waals surface area (Å²) in [6.07, 6.45) is 0. The summed E-state index contributed by atoms with van der Waals surface area (Å²) in [5.41, 5.74) is 2.10. The molecular formula is C24H28N4O3S. The Morgan fingerprint density at radius 1 is 1.25 bits per heavy atom. The van der Waals surface area contributed by atoms with Gasteiger partial charge in [-0.05, 0) is 23.1 Å². The molecule has 0 saturated heterocycles. The molecule has 0 radical (unpaired) electrons. The van der Waals surface area contributed by atoms with Gasteiger partial charge < -0.3 is 15.0 Å². The molecule has 0 bridgehead atoms. The van der Waals surface area contributed by atoms with Gasteiger partial charge in [0.2, 0.25) is 5.91 Å². The third kappa shape index (κ3) is 4.20. The maximum absolute atomic E-state index is 13.7. The van der Waals surface area contributed by atoms with Gasteiger partial charge in [0.1, 0.15) is 0 Å². The monoisotopic (exact) mass is 452 g/mol. The fraction of sp³-hybridized carbons (Fsp3) is 0.375. The number of hydrogen-bond acceptors (Lipinski definition) is 5. The number of aromatic amines is 1. The molecule has 0 saturated carbocycles. The van der Waals surface area contributed by atoms with Gasteiger partial charge in [-0.15, -0.1) is 11.3 Å². The average molecular weight is 453 g/mol. The number of H-pyrrole nitrogens is 1. The number of rotatable bonds is 6. The van der Waals surface area contributed by atoms with E-state index in [0.717, 1.165) is 16.1 Å². The Morgan fingerprint density at radius 2 is 2.03 bits per heavy atom. The maximum atomic E-state index is 13.7. The molecule has 3 aromatic rings. The van der Waals surface area contributed by atoms with E-state index in [1.807, 2.05) is 41.8 Å². The molecule has 1 aliphatic rings. The minimum Gasteiger partial charge on any atom is -0.383 e. The highest BCUT2D eigenvalue weighted by molar-refractivity contribution is 7.10. The number of fused-ring (bicyclic) bond motifs is 1. The highest BCUT2D eigenvalue weighted by atomic mass is 32.1. The van der Waals surface area contributed by atoms with Crippen LogP contribution >= 0.6 is 11.3 Å². The van der Waals surface area contributed by atoms with Gasteiger partial charge in [0, 0.05) is 41.3 Å². The van der Waals surface area contributed by atoms with Gasteiger partial charge in [-0.1, -0.05) is 45.0 Å². The van der Waals surface area contributed by atoms with E-state index in [9.17, 15) is 9.59 Å². The summed E-state index contributed by atoms with van der Waals surface area (Å²) in [6, 6.07) is 12.7. The van der Waals surface area contributed by atoms with Crippen molar-refractivity contribution >= 4 is 29.0 Å². The first-order valence-corrected chi connectivity index (χ1v) is 11.5. The Balaban J connectivity index is 1.75. The number of nitrogens with zero attached hydrogens (tertiary/aromatic N) is 2.